The highest BCUT2D eigenvalue weighted by molar-refractivity contribution is 5.82. The number of aryl methyl sites for hydroxylation is 1. The molecule has 0 atom stereocenters. The molecule has 3 fully saturated rings. The number of carbonyl (C=O) groups is 2. The molecular formula is C25H36N2O4. The van der Waals surface area contributed by atoms with Gasteiger partial charge in [-0.15, -0.1) is 0 Å². The lowest BCUT2D eigenvalue weighted by molar-refractivity contribution is -0.142. The van der Waals surface area contributed by atoms with Gasteiger partial charge in [-0.1, -0.05) is 0 Å². The number of methoxy groups -OCH3 is 2. The third-order valence-corrected chi connectivity index (χ3v) is 7.26. The minimum atomic E-state index is 0.101. The van der Waals surface area contributed by atoms with Crippen LogP contribution in [0.1, 0.15) is 50.5 Å². The summed E-state index contributed by atoms with van der Waals surface area (Å²) in [7, 11) is 3.36. The zero-order valence-corrected chi connectivity index (χ0v) is 19.0. The van der Waals surface area contributed by atoms with Crippen LogP contribution in [0.3, 0.4) is 0 Å². The number of ether oxygens (including phenoxy) is 2. The standard InChI is InChI=1S/C25H36N2O4/c1-30-22-15-19(16-23(17-22)31-2)4-3-18-7-11-26(12-8-18)25(29)21-9-13-27(14-10-21)24(28)20-5-6-20/h15-18,20-21H,3-14H2,1-2H3. The lowest BCUT2D eigenvalue weighted by Crippen LogP contribution is -2.46. The number of hydrogen-bond donors (Lipinski definition) is 0. The maximum Gasteiger partial charge on any atom is 0.225 e. The molecule has 1 aliphatic carbocycles. The van der Waals surface area contributed by atoms with E-state index in [9.17, 15) is 9.59 Å². The van der Waals surface area contributed by atoms with Gasteiger partial charge >= 0.3 is 0 Å². The molecule has 2 saturated heterocycles. The summed E-state index contributed by atoms with van der Waals surface area (Å²) < 4.78 is 10.8. The smallest absolute Gasteiger partial charge is 0.225 e. The molecule has 31 heavy (non-hydrogen) atoms. The van der Waals surface area contributed by atoms with Crippen molar-refractivity contribution in [2.45, 2.75) is 51.4 Å². The Morgan fingerprint density at radius 2 is 1.26 bits per heavy atom. The molecule has 0 N–H and O–H groups in total. The Morgan fingerprint density at radius 1 is 0.774 bits per heavy atom. The Labute approximate surface area is 185 Å². The van der Waals surface area contributed by atoms with Crippen molar-refractivity contribution < 1.29 is 19.1 Å². The molecule has 0 bridgehead atoms. The van der Waals surface area contributed by atoms with E-state index in [2.05, 4.69) is 17.0 Å². The zero-order chi connectivity index (χ0) is 21.8. The summed E-state index contributed by atoms with van der Waals surface area (Å²) in [6, 6.07) is 6.07. The van der Waals surface area contributed by atoms with E-state index in [0.717, 1.165) is 89.0 Å². The summed E-state index contributed by atoms with van der Waals surface area (Å²) in [5.74, 6) is 3.34. The molecule has 6 nitrogen and oxygen atoms in total. The number of likely N-dealkylation sites (tertiary alicyclic amines) is 2. The first-order valence-corrected chi connectivity index (χ1v) is 11.9. The zero-order valence-electron chi connectivity index (χ0n) is 19.0. The maximum atomic E-state index is 13.0. The normalized spacial score (nSPS) is 20.6. The summed E-state index contributed by atoms with van der Waals surface area (Å²) in [6.07, 6.45) is 8.04. The SMILES string of the molecule is COc1cc(CCC2CCN(C(=O)C3CCN(C(=O)C4CC4)CC3)CC2)cc(OC)c1. The second kappa shape index (κ2) is 9.92. The van der Waals surface area contributed by atoms with Gasteiger partial charge in [0.1, 0.15) is 11.5 Å². The predicted molar refractivity (Wildman–Crippen MR) is 119 cm³/mol. The number of carbonyl (C=O) groups excluding carboxylic acids is 2. The van der Waals surface area contributed by atoms with Crippen molar-refractivity contribution in [3.05, 3.63) is 23.8 Å². The molecule has 0 unspecified atom stereocenters. The average molecular weight is 429 g/mol. The van der Waals surface area contributed by atoms with Crippen LogP contribution in [0.25, 0.3) is 0 Å². The van der Waals surface area contributed by atoms with Crippen molar-refractivity contribution in [3.63, 3.8) is 0 Å². The third kappa shape index (κ3) is 5.52. The van der Waals surface area contributed by atoms with E-state index in [-0.39, 0.29) is 11.8 Å². The van der Waals surface area contributed by atoms with Crippen LogP contribution >= 0.6 is 0 Å². The van der Waals surface area contributed by atoms with Crippen molar-refractivity contribution in [2.24, 2.45) is 17.8 Å². The quantitative estimate of drug-likeness (QED) is 0.667. The van der Waals surface area contributed by atoms with E-state index >= 15 is 0 Å². The highest BCUT2D eigenvalue weighted by Gasteiger charge is 2.37. The molecule has 1 aromatic rings. The number of benzene rings is 1. The molecule has 0 spiro atoms. The molecule has 2 aliphatic heterocycles. The van der Waals surface area contributed by atoms with E-state index in [1.165, 1.54) is 5.56 Å². The molecule has 3 aliphatic rings. The monoisotopic (exact) mass is 428 g/mol. The van der Waals surface area contributed by atoms with Crippen molar-refractivity contribution in [1.29, 1.82) is 0 Å². The van der Waals surface area contributed by atoms with Gasteiger partial charge in [0.25, 0.3) is 0 Å². The largest absolute Gasteiger partial charge is 0.497 e. The van der Waals surface area contributed by atoms with Crippen LogP contribution in [0.15, 0.2) is 18.2 Å². The summed E-state index contributed by atoms with van der Waals surface area (Å²) in [5.41, 5.74) is 1.24. The first kappa shape index (κ1) is 22.0. The van der Waals surface area contributed by atoms with Gasteiger partial charge in [0.15, 0.2) is 0 Å². The van der Waals surface area contributed by atoms with E-state index in [1.807, 2.05) is 11.0 Å². The highest BCUT2D eigenvalue weighted by atomic mass is 16.5. The van der Waals surface area contributed by atoms with Crippen molar-refractivity contribution in [1.82, 2.24) is 9.80 Å². The molecule has 4 rings (SSSR count). The first-order chi connectivity index (χ1) is 15.1. The molecule has 2 amide bonds. The van der Waals surface area contributed by atoms with Crippen LogP contribution in [0.5, 0.6) is 11.5 Å². The molecule has 2 heterocycles. The van der Waals surface area contributed by atoms with Gasteiger partial charge in [0.2, 0.25) is 11.8 Å². The van der Waals surface area contributed by atoms with Crippen LogP contribution in [-0.4, -0.2) is 62.0 Å². The fourth-order valence-corrected chi connectivity index (χ4v) is 5.02. The van der Waals surface area contributed by atoms with Crippen molar-refractivity contribution in [3.8, 4) is 11.5 Å². The molecule has 0 aromatic heterocycles. The van der Waals surface area contributed by atoms with Gasteiger partial charge < -0.3 is 19.3 Å². The number of nitrogens with zero attached hydrogens (tertiary/aromatic N) is 2. The van der Waals surface area contributed by atoms with Gasteiger partial charge in [-0.05, 0) is 75.0 Å². The Kier molecular flexibility index (Phi) is 7.03. The number of amides is 2. The second-order valence-electron chi connectivity index (χ2n) is 9.40. The summed E-state index contributed by atoms with van der Waals surface area (Å²) in [4.78, 5) is 29.3. The van der Waals surface area contributed by atoms with E-state index in [4.69, 9.17) is 9.47 Å². The first-order valence-electron chi connectivity index (χ1n) is 11.9. The Bertz CT molecular complexity index is 753. The molecule has 1 aromatic carbocycles. The van der Waals surface area contributed by atoms with Crippen LogP contribution in [0.4, 0.5) is 0 Å². The molecule has 0 radical (unpaired) electrons. The van der Waals surface area contributed by atoms with E-state index in [1.54, 1.807) is 14.2 Å². The van der Waals surface area contributed by atoms with E-state index in [0.29, 0.717) is 17.7 Å². The summed E-state index contributed by atoms with van der Waals surface area (Å²) in [6.45, 7) is 3.25. The Balaban J connectivity index is 1.20. The third-order valence-electron chi connectivity index (χ3n) is 7.26. The fraction of sp³-hybridized carbons (Fsp3) is 0.680. The van der Waals surface area contributed by atoms with Crippen LogP contribution in [0.2, 0.25) is 0 Å². The van der Waals surface area contributed by atoms with Crippen LogP contribution in [0, 0.1) is 17.8 Å². The number of rotatable bonds is 7. The lowest BCUT2D eigenvalue weighted by atomic mass is 9.88. The minimum Gasteiger partial charge on any atom is -0.497 e. The Hall–Kier alpha value is -2.24. The van der Waals surface area contributed by atoms with E-state index < -0.39 is 0 Å². The van der Waals surface area contributed by atoms with Crippen LogP contribution in [-0.2, 0) is 16.0 Å². The van der Waals surface area contributed by atoms with Gasteiger partial charge in [0.05, 0.1) is 14.2 Å². The second-order valence-corrected chi connectivity index (χ2v) is 9.40. The maximum absolute atomic E-state index is 13.0. The fourth-order valence-electron chi connectivity index (χ4n) is 5.02. The predicted octanol–water partition coefficient (Wildman–Crippen LogP) is 3.52. The number of piperidine rings is 2. The minimum absolute atomic E-state index is 0.101. The molecule has 170 valence electrons. The van der Waals surface area contributed by atoms with Gasteiger partial charge in [0, 0.05) is 44.1 Å². The van der Waals surface area contributed by atoms with Gasteiger partial charge in [-0.25, -0.2) is 0 Å². The van der Waals surface area contributed by atoms with Crippen molar-refractivity contribution >= 4 is 11.8 Å². The molecular weight excluding hydrogens is 392 g/mol. The van der Waals surface area contributed by atoms with Gasteiger partial charge in [-0.3, -0.25) is 9.59 Å². The number of hydrogen-bond acceptors (Lipinski definition) is 4. The summed E-state index contributed by atoms with van der Waals surface area (Å²) >= 11 is 0. The highest BCUT2D eigenvalue weighted by Crippen LogP contribution is 2.33. The molecule has 6 heteroatoms. The van der Waals surface area contributed by atoms with Crippen molar-refractivity contribution in [2.75, 3.05) is 40.4 Å². The Morgan fingerprint density at radius 3 is 1.74 bits per heavy atom. The topological polar surface area (TPSA) is 59.1 Å². The lowest BCUT2D eigenvalue weighted by Gasteiger charge is -2.37. The average Bonchev–Trinajstić information content (AvgIpc) is 3.67. The summed E-state index contributed by atoms with van der Waals surface area (Å²) in [5, 5.41) is 0. The molecule has 1 saturated carbocycles. The van der Waals surface area contributed by atoms with Gasteiger partial charge in [-0.2, -0.15) is 0 Å². The van der Waals surface area contributed by atoms with Crippen LogP contribution < -0.4 is 9.47 Å².